The number of methoxy groups -OCH3 is 1. The number of hydrogen-bond acceptors (Lipinski definition) is 3. The number of hydrogen-bond donors (Lipinski definition) is 0. The third-order valence-electron chi connectivity index (χ3n) is 4.10. The molecule has 1 aromatic carbocycles. The van der Waals surface area contributed by atoms with Crippen molar-refractivity contribution in [2.75, 3.05) is 7.11 Å². The minimum absolute atomic E-state index is 0.00152. The number of carbonyl (C=O) groups excluding carboxylic acids is 1. The summed E-state index contributed by atoms with van der Waals surface area (Å²) in [5.41, 5.74) is 0.220. The molecule has 0 radical (unpaired) electrons. The number of halogens is 1. The average Bonchev–Trinajstić information content (AvgIpc) is 2.76. The van der Waals surface area contributed by atoms with Gasteiger partial charge in [0.15, 0.2) is 5.78 Å². The van der Waals surface area contributed by atoms with Crippen LogP contribution in [0.4, 0.5) is 4.39 Å². The SMILES string of the molecule is COc1ccc(C(=O)C2CC3CCC(C2)S3)c(F)c1. The lowest BCUT2D eigenvalue weighted by atomic mass is 9.90. The Morgan fingerprint density at radius 2 is 2.00 bits per heavy atom. The third-order valence-corrected chi connectivity index (χ3v) is 5.73. The van der Waals surface area contributed by atoms with Crippen LogP contribution in [0, 0.1) is 11.7 Å². The van der Waals surface area contributed by atoms with Crippen LogP contribution in [0.1, 0.15) is 36.0 Å². The van der Waals surface area contributed by atoms with Gasteiger partial charge in [0.05, 0.1) is 12.7 Å². The van der Waals surface area contributed by atoms with Gasteiger partial charge in [-0.2, -0.15) is 11.8 Å². The van der Waals surface area contributed by atoms with Crippen molar-refractivity contribution in [3.05, 3.63) is 29.6 Å². The molecule has 3 rings (SSSR count). The Kier molecular flexibility index (Phi) is 3.52. The molecule has 2 aliphatic rings. The summed E-state index contributed by atoms with van der Waals surface area (Å²) in [5.74, 6) is -0.0396. The molecule has 4 heteroatoms. The highest BCUT2D eigenvalue weighted by atomic mass is 32.2. The Morgan fingerprint density at radius 1 is 1.32 bits per heavy atom. The van der Waals surface area contributed by atoms with E-state index >= 15 is 0 Å². The molecule has 2 bridgehead atoms. The number of rotatable bonds is 3. The van der Waals surface area contributed by atoms with Gasteiger partial charge in [0.2, 0.25) is 0 Å². The summed E-state index contributed by atoms with van der Waals surface area (Å²) in [5, 5.41) is 1.21. The molecule has 2 unspecified atom stereocenters. The van der Waals surface area contributed by atoms with E-state index in [2.05, 4.69) is 0 Å². The number of fused-ring (bicyclic) bond motifs is 2. The number of thioether (sulfide) groups is 1. The highest BCUT2D eigenvalue weighted by molar-refractivity contribution is 8.00. The molecule has 1 aromatic rings. The van der Waals surface area contributed by atoms with E-state index in [9.17, 15) is 9.18 Å². The van der Waals surface area contributed by atoms with Gasteiger partial charge >= 0.3 is 0 Å². The molecule has 2 fully saturated rings. The zero-order chi connectivity index (χ0) is 13.4. The van der Waals surface area contributed by atoms with Gasteiger partial charge in [-0.05, 0) is 37.8 Å². The zero-order valence-corrected chi connectivity index (χ0v) is 11.7. The second-order valence-electron chi connectivity index (χ2n) is 5.34. The van der Waals surface area contributed by atoms with Crippen LogP contribution in [0.15, 0.2) is 18.2 Å². The van der Waals surface area contributed by atoms with Crippen molar-refractivity contribution in [2.24, 2.45) is 5.92 Å². The first-order valence-corrected chi connectivity index (χ1v) is 7.65. The summed E-state index contributed by atoms with van der Waals surface area (Å²) in [6.45, 7) is 0. The Balaban J connectivity index is 1.80. The van der Waals surface area contributed by atoms with Crippen LogP contribution in [-0.2, 0) is 0 Å². The molecule has 102 valence electrons. The van der Waals surface area contributed by atoms with Crippen LogP contribution in [0.5, 0.6) is 5.75 Å². The smallest absolute Gasteiger partial charge is 0.168 e. The predicted octanol–water partition coefficient (Wildman–Crippen LogP) is 3.69. The van der Waals surface area contributed by atoms with Gasteiger partial charge in [0.25, 0.3) is 0 Å². The van der Waals surface area contributed by atoms with Crippen LogP contribution in [0.2, 0.25) is 0 Å². The average molecular weight is 280 g/mol. The molecule has 2 saturated heterocycles. The van der Waals surface area contributed by atoms with Crippen LogP contribution in [0.25, 0.3) is 0 Å². The maximum Gasteiger partial charge on any atom is 0.168 e. The van der Waals surface area contributed by atoms with Crippen LogP contribution >= 0.6 is 11.8 Å². The number of ether oxygens (including phenoxy) is 1. The Labute approximate surface area is 116 Å². The van der Waals surface area contributed by atoms with E-state index in [1.807, 2.05) is 11.8 Å². The largest absolute Gasteiger partial charge is 0.497 e. The first-order chi connectivity index (χ1) is 9.17. The van der Waals surface area contributed by atoms with E-state index in [0.717, 1.165) is 12.8 Å². The van der Waals surface area contributed by atoms with Gasteiger partial charge in [0.1, 0.15) is 11.6 Å². The van der Waals surface area contributed by atoms with Crippen molar-refractivity contribution < 1.29 is 13.9 Å². The molecule has 2 heterocycles. The number of benzene rings is 1. The second kappa shape index (κ2) is 5.16. The van der Waals surface area contributed by atoms with Gasteiger partial charge in [-0.1, -0.05) is 0 Å². The molecular formula is C15H17FO2S. The summed E-state index contributed by atoms with van der Waals surface area (Å²) in [4.78, 5) is 12.4. The lowest BCUT2D eigenvalue weighted by Crippen LogP contribution is -2.25. The molecule has 0 N–H and O–H groups in total. The van der Waals surface area contributed by atoms with Gasteiger partial charge < -0.3 is 4.74 Å². The molecule has 0 aliphatic carbocycles. The third kappa shape index (κ3) is 2.50. The van der Waals surface area contributed by atoms with Crippen LogP contribution in [-0.4, -0.2) is 23.4 Å². The van der Waals surface area contributed by atoms with Gasteiger partial charge in [-0.15, -0.1) is 0 Å². The Bertz CT molecular complexity index is 491. The van der Waals surface area contributed by atoms with E-state index in [1.54, 1.807) is 12.1 Å². The second-order valence-corrected chi connectivity index (χ2v) is 6.94. The fourth-order valence-electron chi connectivity index (χ4n) is 3.11. The summed E-state index contributed by atoms with van der Waals surface area (Å²) >= 11 is 2.01. The quantitative estimate of drug-likeness (QED) is 0.790. The minimum Gasteiger partial charge on any atom is -0.497 e. The molecule has 0 saturated carbocycles. The lowest BCUT2D eigenvalue weighted by Gasteiger charge is -2.26. The Morgan fingerprint density at radius 3 is 2.58 bits per heavy atom. The molecule has 0 amide bonds. The van der Waals surface area contributed by atoms with Gasteiger partial charge in [-0.25, -0.2) is 4.39 Å². The van der Waals surface area contributed by atoms with Crippen molar-refractivity contribution >= 4 is 17.5 Å². The van der Waals surface area contributed by atoms with E-state index in [0.29, 0.717) is 16.2 Å². The van der Waals surface area contributed by atoms with Crippen molar-refractivity contribution in [2.45, 2.75) is 36.2 Å². The summed E-state index contributed by atoms with van der Waals surface area (Å²) in [7, 11) is 1.49. The van der Waals surface area contributed by atoms with Crippen LogP contribution < -0.4 is 4.74 Å². The highest BCUT2D eigenvalue weighted by Crippen LogP contribution is 2.46. The molecular weight excluding hydrogens is 263 g/mol. The number of Topliss-reactive ketones (excluding diaryl/α,β-unsaturated/α-hetero) is 1. The van der Waals surface area contributed by atoms with Gasteiger partial charge in [-0.3, -0.25) is 4.79 Å². The molecule has 0 aromatic heterocycles. The van der Waals surface area contributed by atoms with Crippen molar-refractivity contribution in [3.8, 4) is 5.75 Å². The fraction of sp³-hybridized carbons (Fsp3) is 0.533. The first-order valence-electron chi connectivity index (χ1n) is 6.70. The summed E-state index contributed by atoms with van der Waals surface area (Å²) in [6.07, 6.45) is 4.24. The minimum atomic E-state index is -0.463. The number of carbonyl (C=O) groups is 1. The predicted molar refractivity (Wildman–Crippen MR) is 74.4 cm³/mol. The highest BCUT2D eigenvalue weighted by Gasteiger charge is 2.38. The summed E-state index contributed by atoms with van der Waals surface area (Å²) in [6, 6.07) is 4.50. The number of ketones is 1. The van der Waals surface area contributed by atoms with Gasteiger partial charge in [0, 0.05) is 22.5 Å². The molecule has 2 aliphatic heterocycles. The van der Waals surface area contributed by atoms with E-state index < -0.39 is 5.82 Å². The molecule has 19 heavy (non-hydrogen) atoms. The molecule has 0 spiro atoms. The van der Waals surface area contributed by atoms with Crippen molar-refractivity contribution in [3.63, 3.8) is 0 Å². The molecule has 2 atom stereocenters. The van der Waals surface area contributed by atoms with E-state index in [1.165, 1.54) is 26.0 Å². The summed E-state index contributed by atoms with van der Waals surface area (Å²) < 4.78 is 18.9. The van der Waals surface area contributed by atoms with E-state index in [-0.39, 0.29) is 17.3 Å². The fourth-order valence-corrected chi connectivity index (χ4v) is 4.89. The normalized spacial score (nSPS) is 29.3. The topological polar surface area (TPSA) is 26.3 Å². The van der Waals surface area contributed by atoms with E-state index in [4.69, 9.17) is 4.74 Å². The zero-order valence-electron chi connectivity index (χ0n) is 10.9. The first kappa shape index (κ1) is 13.0. The lowest BCUT2D eigenvalue weighted by molar-refractivity contribution is 0.0902. The van der Waals surface area contributed by atoms with Crippen LogP contribution in [0.3, 0.4) is 0 Å². The molecule has 2 nitrogen and oxygen atoms in total. The maximum absolute atomic E-state index is 13.9. The monoisotopic (exact) mass is 280 g/mol. The van der Waals surface area contributed by atoms with Crippen molar-refractivity contribution in [1.82, 2.24) is 0 Å². The standard InChI is InChI=1S/C15H17FO2S/c1-18-10-2-5-13(14(16)8-10)15(17)9-6-11-3-4-12(7-9)19-11/h2,5,8-9,11-12H,3-4,6-7H2,1H3. The maximum atomic E-state index is 13.9. The Hall–Kier alpha value is -1.03. The van der Waals surface area contributed by atoms with Crippen molar-refractivity contribution in [1.29, 1.82) is 0 Å².